The van der Waals surface area contributed by atoms with E-state index in [1.807, 2.05) is 12.3 Å². The normalized spacial score (nSPS) is 16.0. The van der Waals surface area contributed by atoms with Crippen LogP contribution in [0.25, 0.3) is 11.4 Å². The largest absolute Gasteiger partial charge is 0.355 e. The van der Waals surface area contributed by atoms with Crippen LogP contribution in [0.3, 0.4) is 0 Å². The van der Waals surface area contributed by atoms with Crippen molar-refractivity contribution in [2.45, 2.75) is 32.7 Å². The van der Waals surface area contributed by atoms with Crippen molar-refractivity contribution < 1.29 is 4.79 Å². The molecular weight excluding hydrogens is 312 g/mol. The first-order valence-electron chi connectivity index (χ1n) is 9.32. The number of nitrogens with zero attached hydrogens (tertiary/aromatic N) is 3. The van der Waals surface area contributed by atoms with Gasteiger partial charge in [-0.2, -0.15) is 0 Å². The van der Waals surface area contributed by atoms with Crippen LogP contribution >= 0.6 is 0 Å². The van der Waals surface area contributed by atoms with Crippen molar-refractivity contribution in [3.05, 3.63) is 42.7 Å². The molecule has 0 unspecified atom stereocenters. The fourth-order valence-corrected chi connectivity index (χ4v) is 3.43. The summed E-state index contributed by atoms with van der Waals surface area (Å²) in [5.41, 5.74) is 1.16. The van der Waals surface area contributed by atoms with E-state index in [9.17, 15) is 4.79 Å². The quantitative estimate of drug-likeness (QED) is 0.843. The van der Waals surface area contributed by atoms with Gasteiger partial charge in [0.25, 0.3) is 0 Å². The Bertz CT molecular complexity index is 659. The van der Waals surface area contributed by atoms with Gasteiger partial charge in [-0.1, -0.05) is 37.3 Å². The Balaban J connectivity index is 1.50. The van der Waals surface area contributed by atoms with Crippen molar-refractivity contribution in [2.24, 2.45) is 5.92 Å². The fourth-order valence-electron chi connectivity index (χ4n) is 3.43. The highest BCUT2D eigenvalue weighted by Crippen LogP contribution is 2.23. The Morgan fingerprint density at radius 3 is 2.72 bits per heavy atom. The second kappa shape index (κ2) is 8.81. The third kappa shape index (κ3) is 4.92. The molecule has 1 aromatic carbocycles. The van der Waals surface area contributed by atoms with E-state index in [-0.39, 0.29) is 5.91 Å². The maximum absolute atomic E-state index is 11.8. The number of aromatic nitrogens is 2. The van der Waals surface area contributed by atoms with E-state index in [1.165, 1.54) is 0 Å². The molecule has 5 nitrogen and oxygen atoms in total. The average molecular weight is 340 g/mol. The molecular formula is C20H28N4O. The summed E-state index contributed by atoms with van der Waals surface area (Å²) < 4.78 is 2.27. The third-order valence-corrected chi connectivity index (χ3v) is 4.85. The number of likely N-dealkylation sites (tertiary alicyclic amines) is 1. The van der Waals surface area contributed by atoms with E-state index < -0.39 is 0 Å². The zero-order chi connectivity index (χ0) is 17.5. The molecule has 1 amide bonds. The van der Waals surface area contributed by atoms with E-state index in [0.29, 0.717) is 12.5 Å². The molecule has 1 aromatic heterocycles. The number of carbonyl (C=O) groups is 1. The van der Waals surface area contributed by atoms with Gasteiger partial charge in [-0.15, -0.1) is 0 Å². The molecule has 1 aliphatic heterocycles. The van der Waals surface area contributed by atoms with Crippen LogP contribution in [0.5, 0.6) is 0 Å². The maximum atomic E-state index is 11.8. The molecule has 0 bridgehead atoms. The second-order valence-electron chi connectivity index (χ2n) is 6.84. The highest BCUT2D eigenvalue weighted by atomic mass is 16.2. The summed E-state index contributed by atoms with van der Waals surface area (Å²) in [5, 5.41) is 2.96. The Labute approximate surface area is 150 Å². The molecule has 0 spiro atoms. The minimum atomic E-state index is 0.154. The predicted molar refractivity (Wildman–Crippen MR) is 100 cm³/mol. The lowest BCUT2D eigenvalue weighted by molar-refractivity contribution is -0.122. The van der Waals surface area contributed by atoms with Gasteiger partial charge in [0.15, 0.2) is 0 Å². The van der Waals surface area contributed by atoms with Crippen LogP contribution in [0, 0.1) is 5.92 Å². The number of nitrogens with one attached hydrogen (secondary N) is 1. The van der Waals surface area contributed by atoms with Gasteiger partial charge in [-0.05, 0) is 38.3 Å². The molecule has 5 heteroatoms. The van der Waals surface area contributed by atoms with Crippen LogP contribution in [-0.2, 0) is 11.3 Å². The van der Waals surface area contributed by atoms with Gasteiger partial charge in [0.05, 0.1) is 6.54 Å². The first-order valence-corrected chi connectivity index (χ1v) is 9.32. The molecule has 2 heterocycles. The monoisotopic (exact) mass is 340 g/mol. The summed E-state index contributed by atoms with van der Waals surface area (Å²) in [5.74, 6) is 1.84. The summed E-state index contributed by atoms with van der Waals surface area (Å²) >= 11 is 0. The highest BCUT2D eigenvalue weighted by molar-refractivity contribution is 5.77. The number of hydrogen-bond acceptors (Lipinski definition) is 3. The number of amides is 1. The molecule has 0 aliphatic carbocycles. The second-order valence-corrected chi connectivity index (χ2v) is 6.84. The lowest BCUT2D eigenvalue weighted by Crippen LogP contribution is -2.42. The van der Waals surface area contributed by atoms with E-state index >= 15 is 0 Å². The third-order valence-electron chi connectivity index (χ3n) is 4.85. The molecule has 1 saturated heterocycles. The van der Waals surface area contributed by atoms with Gasteiger partial charge in [0, 0.05) is 31.0 Å². The Hall–Kier alpha value is -2.14. The smallest absolute Gasteiger partial charge is 0.234 e. The summed E-state index contributed by atoms with van der Waals surface area (Å²) in [4.78, 5) is 18.7. The van der Waals surface area contributed by atoms with Gasteiger partial charge in [-0.25, -0.2) is 4.98 Å². The minimum absolute atomic E-state index is 0.154. The van der Waals surface area contributed by atoms with Gasteiger partial charge in [0.1, 0.15) is 5.82 Å². The van der Waals surface area contributed by atoms with Crippen LogP contribution in [0.4, 0.5) is 0 Å². The first kappa shape index (κ1) is 17.7. The molecule has 0 atom stereocenters. The van der Waals surface area contributed by atoms with Crippen molar-refractivity contribution >= 4 is 5.91 Å². The zero-order valence-electron chi connectivity index (χ0n) is 15.0. The number of hydrogen-bond donors (Lipinski definition) is 1. The summed E-state index contributed by atoms with van der Waals surface area (Å²) in [6, 6.07) is 10.3. The number of carbonyl (C=O) groups excluding carboxylic acids is 1. The van der Waals surface area contributed by atoms with Crippen LogP contribution in [0.15, 0.2) is 42.7 Å². The molecule has 134 valence electrons. The van der Waals surface area contributed by atoms with Gasteiger partial charge < -0.3 is 9.88 Å². The van der Waals surface area contributed by atoms with Crippen LogP contribution in [-0.4, -0.2) is 46.5 Å². The first-order chi connectivity index (χ1) is 12.3. The topological polar surface area (TPSA) is 50.2 Å². The number of piperidine rings is 1. The van der Waals surface area contributed by atoms with E-state index in [0.717, 1.165) is 56.8 Å². The lowest BCUT2D eigenvalue weighted by Gasteiger charge is -2.31. The summed E-state index contributed by atoms with van der Waals surface area (Å²) in [7, 11) is 0. The van der Waals surface area contributed by atoms with E-state index in [2.05, 4.69) is 57.2 Å². The number of benzene rings is 1. The highest BCUT2D eigenvalue weighted by Gasteiger charge is 2.21. The standard InChI is InChI=1S/C20H28N4O/c1-2-10-21-19(25)16-23-12-8-17(9-13-23)15-24-14-11-22-20(24)18-6-4-3-5-7-18/h3-7,11,14,17H,2,8-10,12-13,15-16H2,1H3,(H,21,25). The summed E-state index contributed by atoms with van der Waals surface area (Å²) in [6.45, 7) is 6.39. The van der Waals surface area contributed by atoms with E-state index in [4.69, 9.17) is 0 Å². The molecule has 1 fully saturated rings. The van der Waals surface area contributed by atoms with Crippen molar-refractivity contribution in [3.8, 4) is 11.4 Å². The number of imidazole rings is 1. The van der Waals surface area contributed by atoms with Crippen LogP contribution < -0.4 is 5.32 Å². The van der Waals surface area contributed by atoms with E-state index in [1.54, 1.807) is 0 Å². The lowest BCUT2D eigenvalue weighted by atomic mass is 9.96. The molecule has 1 aliphatic rings. The molecule has 3 rings (SSSR count). The van der Waals surface area contributed by atoms with Crippen LogP contribution in [0.1, 0.15) is 26.2 Å². The summed E-state index contributed by atoms with van der Waals surface area (Å²) in [6.07, 6.45) is 7.21. The average Bonchev–Trinajstić information content (AvgIpc) is 3.10. The molecule has 2 aromatic rings. The van der Waals surface area contributed by atoms with Crippen LogP contribution in [0.2, 0.25) is 0 Å². The Morgan fingerprint density at radius 1 is 1.24 bits per heavy atom. The molecule has 0 radical (unpaired) electrons. The number of rotatable bonds is 7. The molecule has 25 heavy (non-hydrogen) atoms. The molecule has 0 saturated carbocycles. The van der Waals surface area contributed by atoms with Crippen molar-refractivity contribution in [1.29, 1.82) is 0 Å². The van der Waals surface area contributed by atoms with Gasteiger partial charge >= 0.3 is 0 Å². The van der Waals surface area contributed by atoms with Crippen molar-refractivity contribution in [2.75, 3.05) is 26.2 Å². The zero-order valence-corrected chi connectivity index (χ0v) is 15.0. The Morgan fingerprint density at radius 2 is 2.00 bits per heavy atom. The van der Waals surface area contributed by atoms with Crippen molar-refractivity contribution in [3.63, 3.8) is 0 Å². The predicted octanol–water partition coefficient (Wildman–Crippen LogP) is 2.79. The minimum Gasteiger partial charge on any atom is -0.355 e. The fraction of sp³-hybridized carbons (Fsp3) is 0.500. The Kier molecular flexibility index (Phi) is 6.23. The van der Waals surface area contributed by atoms with Gasteiger partial charge in [0.2, 0.25) is 5.91 Å². The van der Waals surface area contributed by atoms with Crippen molar-refractivity contribution in [1.82, 2.24) is 19.8 Å². The molecule has 1 N–H and O–H groups in total. The maximum Gasteiger partial charge on any atom is 0.234 e. The SMILES string of the molecule is CCCNC(=O)CN1CCC(Cn2ccnc2-c2ccccc2)CC1. The van der Waals surface area contributed by atoms with Gasteiger partial charge in [-0.3, -0.25) is 9.69 Å².